The third-order valence-electron chi connectivity index (χ3n) is 6.23. The Morgan fingerprint density at radius 1 is 1.05 bits per heavy atom. The lowest BCUT2D eigenvalue weighted by Gasteiger charge is -2.21. The van der Waals surface area contributed by atoms with Gasteiger partial charge in [-0.25, -0.2) is 28.2 Å². The van der Waals surface area contributed by atoms with Gasteiger partial charge in [-0.2, -0.15) is 31.4 Å². The van der Waals surface area contributed by atoms with Crippen LogP contribution in [0.25, 0.3) is 17.5 Å². The molecule has 17 heteroatoms. The van der Waals surface area contributed by atoms with Crippen molar-refractivity contribution in [1.29, 1.82) is 0 Å². The summed E-state index contributed by atoms with van der Waals surface area (Å²) in [5.41, 5.74) is -4.09. The van der Waals surface area contributed by atoms with Gasteiger partial charge >= 0.3 is 12.4 Å². The van der Waals surface area contributed by atoms with Crippen LogP contribution in [-0.4, -0.2) is 64.0 Å². The van der Waals surface area contributed by atoms with Crippen LogP contribution in [0.15, 0.2) is 41.7 Å². The molecule has 0 unspecified atom stereocenters. The summed E-state index contributed by atoms with van der Waals surface area (Å²) in [4.78, 5) is 32.3. The number of carbonyl (C=O) groups excluding carboxylic acids is 1. The van der Waals surface area contributed by atoms with E-state index in [1.807, 2.05) is 18.9 Å². The molecular weight excluding hydrogens is 611 g/mol. The van der Waals surface area contributed by atoms with E-state index in [0.717, 1.165) is 30.1 Å². The second-order valence-corrected chi connectivity index (χ2v) is 9.65. The number of nitrogens with zero attached hydrogens (tertiary/aromatic N) is 5. The summed E-state index contributed by atoms with van der Waals surface area (Å²) >= 11 is 0. The zero-order valence-corrected chi connectivity index (χ0v) is 23.1. The quantitative estimate of drug-likeness (QED) is 0.249. The van der Waals surface area contributed by atoms with Gasteiger partial charge in [-0.05, 0) is 36.4 Å². The predicted octanol–water partition coefficient (Wildman–Crippen LogP) is 6.06. The average Bonchev–Trinajstić information content (AvgIpc) is 3.31. The lowest BCUT2D eigenvalue weighted by atomic mass is 10.0. The van der Waals surface area contributed by atoms with Crippen molar-refractivity contribution >= 4 is 18.0 Å². The van der Waals surface area contributed by atoms with E-state index >= 15 is 0 Å². The van der Waals surface area contributed by atoms with Crippen LogP contribution in [-0.2, 0) is 12.4 Å². The summed E-state index contributed by atoms with van der Waals surface area (Å²) in [6.45, 7) is 1.71. The minimum atomic E-state index is -4.91. The minimum Gasteiger partial charge on any atom is -0.380 e. The molecule has 0 atom stereocenters. The Bertz CT molecular complexity index is 1540. The minimum absolute atomic E-state index is 0.0814. The highest BCUT2D eigenvalue weighted by Crippen LogP contribution is 2.37. The van der Waals surface area contributed by atoms with Crippen LogP contribution in [0.4, 0.5) is 45.2 Å². The molecule has 3 heterocycles. The zero-order chi connectivity index (χ0) is 32.9. The monoisotopic (exact) mass is 636 g/mol. The van der Waals surface area contributed by atoms with E-state index in [9.17, 15) is 49.1 Å². The Labute approximate surface area is 244 Å². The van der Waals surface area contributed by atoms with E-state index in [-0.39, 0.29) is 23.5 Å². The molecule has 8 nitrogen and oxygen atoms in total. The van der Waals surface area contributed by atoms with E-state index in [4.69, 9.17) is 0 Å². The maximum absolute atomic E-state index is 14.3. The van der Waals surface area contributed by atoms with E-state index in [1.165, 1.54) is 6.07 Å². The first-order chi connectivity index (χ1) is 20.5. The number of alkyl halides is 8. The SMILES string of the molecule is CCCN(C)/C=C\c1cc(-c2ncc(C(F)(F)F)cn2)c(F)cc1C=O.O=c1[nH]ncc(N2CCC(F)(F)C2)c1C(F)(F)F. The summed E-state index contributed by atoms with van der Waals surface area (Å²) in [5.74, 6) is -4.03. The predicted molar refractivity (Wildman–Crippen MR) is 141 cm³/mol. The van der Waals surface area contributed by atoms with Gasteiger partial charge in [0.2, 0.25) is 0 Å². The number of hydrogen-bond acceptors (Lipinski definition) is 7. The van der Waals surface area contributed by atoms with E-state index in [2.05, 4.69) is 15.1 Å². The molecule has 0 bridgehead atoms. The van der Waals surface area contributed by atoms with Gasteiger partial charge in [-0.1, -0.05) is 6.92 Å². The first-order valence-electron chi connectivity index (χ1n) is 12.8. The Kier molecular flexibility index (Phi) is 10.4. The van der Waals surface area contributed by atoms with Gasteiger partial charge in [0.15, 0.2) is 12.1 Å². The molecule has 0 radical (unpaired) electrons. The summed E-state index contributed by atoms with van der Waals surface area (Å²) in [7, 11) is 1.85. The normalized spacial score (nSPS) is 14.8. The summed E-state index contributed by atoms with van der Waals surface area (Å²) in [6, 6.07) is 2.36. The Morgan fingerprint density at radius 3 is 2.23 bits per heavy atom. The molecule has 0 saturated carbocycles. The van der Waals surface area contributed by atoms with Crippen LogP contribution in [0.2, 0.25) is 0 Å². The first kappa shape index (κ1) is 34.1. The smallest absolute Gasteiger partial charge is 0.380 e. The van der Waals surface area contributed by atoms with Gasteiger partial charge in [-0.3, -0.25) is 9.59 Å². The third kappa shape index (κ3) is 8.57. The molecule has 44 heavy (non-hydrogen) atoms. The average molecular weight is 637 g/mol. The fraction of sp³-hybridized carbons (Fsp3) is 0.370. The molecule has 1 N–H and O–H groups in total. The Hall–Kier alpha value is -4.44. The van der Waals surface area contributed by atoms with E-state index in [1.54, 1.807) is 17.4 Å². The van der Waals surface area contributed by atoms with Crippen molar-refractivity contribution in [2.75, 3.05) is 31.6 Å². The summed E-state index contributed by atoms with van der Waals surface area (Å²) in [5, 5.41) is 4.88. The Morgan fingerprint density at radius 2 is 1.70 bits per heavy atom. The molecule has 1 fully saturated rings. The molecule has 1 aliphatic heterocycles. The number of halogens is 9. The van der Waals surface area contributed by atoms with Crippen molar-refractivity contribution in [1.82, 2.24) is 25.1 Å². The molecule has 0 amide bonds. The molecule has 238 valence electrons. The standard InChI is InChI=1S/C18H17F4N3O.C9H8F5N3O/c1-3-5-25(2)6-4-12-7-15(16(19)8-13(12)11-26)17-23-9-14(10-24-17)18(20,21)22;10-8(11)1-2-17(4-8)5-3-15-16-7(18)6(5)9(12,13)14/h4,6-11H,3,5H2,1-2H3;3H,1-2,4H2,(H,16,18)/b6-4-;. The number of carbonyl (C=O) groups is 1. The number of benzene rings is 1. The second-order valence-electron chi connectivity index (χ2n) is 9.65. The van der Waals surface area contributed by atoms with Crippen molar-refractivity contribution in [2.45, 2.75) is 38.0 Å². The number of aromatic amines is 1. The van der Waals surface area contributed by atoms with Crippen LogP contribution in [0.5, 0.6) is 0 Å². The van der Waals surface area contributed by atoms with Gasteiger partial charge in [0.05, 0.1) is 29.6 Å². The van der Waals surface area contributed by atoms with Crippen molar-refractivity contribution in [3.63, 3.8) is 0 Å². The number of nitrogens with one attached hydrogen (secondary N) is 1. The molecule has 2 aromatic heterocycles. The molecule has 0 spiro atoms. The summed E-state index contributed by atoms with van der Waals surface area (Å²) < 4.78 is 116. The molecular formula is C27H25F9N6O2. The van der Waals surface area contributed by atoms with Crippen LogP contribution in [0, 0.1) is 5.82 Å². The van der Waals surface area contributed by atoms with Crippen molar-refractivity contribution in [3.8, 4) is 11.4 Å². The largest absolute Gasteiger partial charge is 0.423 e. The highest BCUT2D eigenvalue weighted by atomic mass is 19.4. The number of hydrogen-bond donors (Lipinski definition) is 1. The molecule has 1 aromatic carbocycles. The van der Waals surface area contributed by atoms with E-state index < -0.39 is 59.4 Å². The number of anilines is 1. The second kappa shape index (κ2) is 13.5. The van der Waals surface area contributed by atoms with Crippen molar-refractivity contribution in [2.24, 2.45) is 0 Å². The molecule has 3 aromatic rings. The zero-order valence-electron chi connectivity index (χ0n) is 23.1. The van der Waals surface area contributed by atoms with Crippen molar-refractivity contribution in [3.05, 3.63) is 75.3 Å². The van der Waals surface area contributed by atoms with Gasteiger partial charge in [-0.15, -0.1) is 0 Å². The number of rotatable bonds is 7. The van der Waals surface area contributed by atoms with Crippen LogP contribution in [0.3, 0.4) is 0 Å². The maximum Gasteiger partial charge on any atom is 0.423 e. The fourth-order valence-corrected chi connectivity index (χ4v) is 4.12. The topological polar surface area (TPSA) is 95.1 Å². The number of aromatic nitrogens is 4. The van der Waals surface area contributed by atoms with Crippen LogP contribution < -0.4 is 10.5 Å². The van der Waals surface area contributed by atoms with Crippen molar-refractivity contribution < 1.29 is 44.3 Å². The fourth-order valence-electron chi connectivity index (χ4n) is 4.12. The van der Waals surface area contributed by atoms with Gasteiger partial charge in [0, 0.05) is 44.5 Å². The molecule has 1 aliphatic rings. The third-order valence-corrected chi connectivity index (χ3v) is 6.23. The molecule has 0 aliphatic carbocycles. The van der Waals surface area contributed by atoms with Crippen LogP contribution in [0.1, 0.15) is 46.8 Å². The number of H-pyrrole nitrogens is 1. The molecule has 1 saturated heterocycles. The highest BCUT2D eigenvalue weighted by molar-refractivity contribution is 5.84. The van der Waals surface area contributed by atoms with E-state index in [0.29, 0.717) is 24.2 Å². The first-order valence-corrected chi connectivity index (χ1v) is 12.8. The van der Waals surface area contributed by atoms with Crippen LogP contribution >= 0.6 is 0 Å². The Balaban J connectivity index is 0.000000257. The number of aldehydes is 1. The molecule has 4 rings (SSSR count). The highest BCUT2D eigenvalue weighted by Gasteiger charge is 2.44. The van der Waals surface area contributed by atoms with Gasteiger partial charge in [0.1, 0.15) is 11.4 Å². The summed E-state index contributed by atoms with van der Waals surface area (Å²) in [6.07, 6.45) is -3.29. The maximum atomic E-state index is 14.3. The lowest BCUT2D eigenvalue weighted by Crippen LogP contribution is -2.31. The van der Waals surface area contributed by atoms with Gasteiger partial charge < -0.3 is 9.80 Å². The lowest BCUT2D eigenvalue weighted by molar-refractivity contribution is -0.139. The van der Waals surface area contributed by atoms with Gasteiger partial charge in [0.25, 0.3) is 11.5 Å².